The number of anilines is 3. The molecule has 26 heavy (non-hydrogen) atoms. The lowest BCUT2D eigenvalue weighted by atomic mass is 10.2. The van der Waals surface area contributed by atoms with Gasteiger partial charge in [-0.25, -0.2) is 9.97 Å². The number of hydrogen-bond donors (Lipinski definition) is 2. The molecule has 2 aromatic rings. The Morgan fingerprint density at radius 3 is 2.54 bits per heavy atom. The average Bonchev–Trinajstić information content (AvgIpc) is 2.68. The van der Waals surface area contributed by atoms with Gasteiger partial charge in [0, 0.05) is 52.2 Å². The first-order chi connectivity index (χ1) is 12.6. The van der Waals surface area contributed by atoms with Gasteiger partial charge in [0.2, 0.25) is 5.95 Å². The van der Waals surface area contributed by atoms with Gasteiger partial charge in [0.05, 0.1) is 12.7 Å². The summed E-state index contributed by atoms with van der Waals surface area (Å²) in [4.78, 5) is 19.8. The van der Waals surface area contributed by atoms with Crippen molar-refractivity contribution in [2.45, 2.75) is 13.0 Å². The van der Waals surface area contributed by atoms with E-state index in [2.05, 4.69) is 37.7 Å². The number of aromatic nitrogens is 3. The smallest absolute Gasteiger partial charge is 0.227 e. The molecular weight excluding hydrogens is 332 g/mol. The fraction of sp³-hybridized carbons (Fsp3) is 0.500. The van der Waals surface area contributed by atoms with Gasteiger partial charge in [0.25, 0.3) is 0 Å². The molecule has 3 heterocycles. The van der Waals surface area contributed by atoms with Crippen LogP contribution in [0, 0.1) is 6.92 Å². The van der Waals surface area contributed by atoms with Gasteiger partial charge in [-0.1, -0.05) is 6.07 Å². The minimum atomic E-state index is -0.788. The molecule has 0 radical (unpaired) electrons. The summed E-state index contributed by atoms with van der Waals surface area (Å²) in [6, 6.07) is 5.84. The third-order valence-electron chi connectivity index (χ3n) is 4.56. The number of hydrogen-bond acceptors (Lipinski definition) is 8. The van der Waals surface area contributed by atoms with E-state index in [4.69, 9.17) is 5.11 Å². The number of pyridine rings is 1. The van der Waals surface area contributed by atoms with Crippen molar-refractivity contribution in [3.8, 4) is 0 Å². The van der Waals surface area contributed by atoms with Crippen LogP contribution in [-0.4, -0.2) is 77.6 Å². The molecule has 1 aliphatic rings. The van der Waals surface area contributed by atoms with Crippen molar-refractivity contribution in [1.82, 2.24) is 15.0 Å². The summed E-state index contributed by atoms with van der Waals surface area (Å²) in [5, 5.41) is 18.6. The van der Waals surface area contributed by atoms with E-state index in [0.29, 0.717) is 12.5 Å². The monoisotopic (exact) mass is 358 g/mol. The van der Waals surface area contributed by atoms with Gasteiger partial charge in [-0.2, -0.15) is 4.98 Å². The van der Waals surface area contributed by atoms with E-state index in [1.54, 1.807) is 12.3 Å². The maximum Gasteiger partial charge on any atom is 0.227 e. The second kappa shape index (κ2) is 8.29. The highest BCUT2D eigenvalue weighted by Gasteiger charge is 2.21. The van der Waals surface area contributed by atoms with Crippen LogP contribution in [-0.2, 0) is 0 Å². The zero-order chi connectivity index (χ0) is 18.5. The van der Waals surface area contributed by atoms with Gasteiger partial charge < -0.3 is 24.9 Å². The van der Waals surface area contributed by atoms with Crippen molar-refractivity contribution < 1.29 is 10.2 Å². The molecule has 140 valence electrons. The number of aliphatic hydroxyl groups is 2. The summed E-state index contributed by atoms with van der Waals surface area (Å²) in [5.41, 5.74) is 1.18. The minimum absolute atomic E-state index is 0.267. The maximum absolute atomic E-state index is 9.61. The molecule has 2 aromatic heterocycles. The summed E-state index contributed by atoms with van der Waals surface area (Å²) in [5.74, 6) is 2.45. The molecule has 2 N–H and O–H groups in total. The fourth-order valence-corrected chi connectivity index (χ4v) is 3.10. The number of likely N-dealkylation sites (N-methyl/N-ethyl adjacent to an activating group) is 1. The number of aryl methyl sites for hydroxylation is 1. The number of rotatable bonds is 6. The highest BCUT2D eigenvalue weighted by atomic mass is 16.3. The van der Waals surface area contributed by atoms with Crippen LogP contribution >= 0.6 is 0 Å². The van der Waals surface area contributed by atoms with Crippen LogP contribution in [0.5, 0.6) is 0 Å². The second-order valence-electron chi connectivity index (χ2n) is 6.55. The molecule has 0 amide bonds. The Hall–Kier alpha value is -2.45. The van der Waals surface area contributed by atoms with E-state index in [-0.39, 0.29) is 6.61 Å². The van der Waals surface area contributed by atoms with Gasteiger partial charge in [-0.3, -0.25) is 0 Å². The summed E-state index contributed by atoms with van der Waals surface area (Å²) < 4.78 is 0. The molecular formula is C18H26N6O2. The molecule has 1 atom stereocenters. The Kier molecular flexibility index (Phi) is 5.85. The van der Waals surface area contributed by atoms with Crippen LogP contribution < -0.4 is 14.7 Å². The third-order valence-corrected chi connectivity index (χ3v) is 4.56. The van der Waals surface area contributed by atoms with Crippen LogP contribution in [0.2, 0.25) is 0 Å². The second-order valence-corrected chi connectivity index (χ2v) is 6.55. The topological polar surface area (TPSA) is 88.9 Å². The van der Waals surface area contributed by atoms with Crippen molar-refractivity contribution in [1.29, 1.82) is 0 Å². The van der Waals surface area contributed by atoms with Gasteiger partial charge in [-0.05, 0) is 24.6 Å². The maximum atomic E-state index is 9.61. The zero-order valence-corrected chi connectivity index (χ0v) is 15.3. The average molecular weight is 358 g/mol. The summed E-state index contributed by atoms with van der Waals surface area (Å²) in [7, 11) is 1.84. The van der Waals surface area contributed by atoms with Crippen LogP contribution in [0.4, 0.5) is 17.6 Å². The molecule has 3 rings (SSSR count). The third kappa shape index (κ3) is 4.20. The summed E-state index contributed by atoms with van der Waals surface area (Å²) in [6.45, 7) is 5.51. The van der Waals surface area contributed by atoms with E-state index in [1.165, 1.54) is 5.56 Å². The fourth-order valence-electron chi connectivity index (χ4n) is 3.10. The van der Waals surface area contributed by atoms with E-state index >= 15 is 0 Å². The van der Waals surface area contributed by atoms with Crippen molar-refractivity contribution in [2.24, 2.45) is 0 Å². The molecule has 8 nitrogen and oxygen atoms in total. The van der Waals surface area contributed by atoms with Crippen LogP contribution in [0.15, 0.2) is 30.6 Å². The molecule has 0 spiro atoms. The molecule has 8 heteroatoms. The number of aliphatic hydroxyl groups excluding tert-OH is 2. The first kappa shape index (κ1) is 18.3. The lowest BCUT2D eigenvalue weighted by Gasteiger charge is -2.36. The minimum Gasteiger partial charge on any atom is -0.394 e. The van der Waals surface area contributed by atoms with Gasteiger partial charge in [0.15, 0.2) is 0 Å². The highest BCUT2D eigenvalue weighted by Crippen LogP contribution is 2.20. The number of piperazine rings is 1. The van der Waals surface area contributed by atoms with E-state index < -0.39 is 6.10 Å². The number of nitrogens with zero attached hydrogens (tertiary/aromatic N) is 6. The van der Waals surface area contributed by atoms with Crippen molar-refractivity contribution in [3.63, 3.8) is 0 Å². The molecule has 1 saturated heterocycles. The molecule has 0 unspecified atom stereocenters. The Morgan fingerprint density at radius 1 is 1.12 bits per heavy atom. The first-order valence-corrected chi connectivity index (χ1v) is 8.83. The lowest BCUT2D eigenvalue weighted by Crippen LogP contribution is -2.47. The quantitative estimate of drug-likeness (QED) is 0.762. The molecule has 1 aliphatic heterocycles. The predicted molar refractivity (Wildman–Crippen MR) is 102 cm³/mol. The van der Waals surface area contributed by atoms with Gasteiger partial charge >= 0.3 is 0 Å². The molecule has 0 aromatic carbocycles. The molecule has 1 fully saturated rings. The largest absolute Gasteiger partial charge is 0.394 e. The van der Waals surface area contributed by atoms with Crippen LogP contribution in [0.1, 0.15) is 5.56 Å². The Morgan fingerprint density at radius 2 is 1.85 bits per heavy atom. The van der Waals surface area contributed by atoms with E-state index in [0.717, 1.165) is 37.8 Å². The normalized spacial score (nSPS) is 15.8. The van der Waals surface area contributed by atoms with Crippen LogP contribution in [0.3, 0.4) is 0 Å². The Labute approximate surface area is 153 Å². The summed E-state index contributed by atoms with van der Waals surface area (Å²) >= 11 is 0. The van der Waals surface area contributed by atoms with Crippen LogP contribution in [0.25, 0.3) is 0 Å². The van der Waals surface area contributed by atoms with Crippen molar-refractivity contribution >= 4 is 17.6 Å². The van der Waals surface area contributed by atoms with Crippen molar-refractivity contribution in [3.05, 3.63) is 36.2 Å². The van der Waals surface area contributed by atoms with E-state index in [1.807, 2.05) is 24.2 Å². The molecule has 0 bridgehead atoms. The van der Waals surface area contributed by atoms with Gasteiger partial charge in [-0.15, -0.1) is 0 Å². The molecule has 0 saturated carbocycles. The standard InChI is InChI=1S/C18H26N6O2/c1-14-4-3-6-19-17(14)23-8-10-24(11-9-23)18-20-7-5-16(21-18)22(2)12-15(26)13-25/h3-7,15,25-26H,8-13H2,1-2H3/t15-/m1/s1. The highest BCUT2D eigenvalue weighted by molar-refractivity contribution is 5.49. The SMILES string of the molecule is Cc1cccnc1N1CCN(c2nccc(N(C)C[C@@H](O)CO)n2)CC1. The van der Waals surface area contributed by atoms with E-state index in [9.17, 15) is 5.11 Å². The Bertz CT molecular complexity index is 720. The Balaban J connectivity index is 1.64. The first-order valence-electron chi connectivity index (χ1n) is 8.83. The zero-order valence-electron chi connectivity index (χ0n) is 15.3. The lowest BCUT2D eigenvalue weighted by molar-refractivity contribution is 0.101. The predicted octanol–water partition coefficient (Wildman–Crippen LogP) is 0.296. The summed E-state index contributed by atoms with van der Waals surface area (Å²) in [6.07, 6.45) is 2.77. The van der Waals surface area contributed by atoms with Crippen molar-refractivity contribution in [2.75, 3.05) is 61.1 Å². The van der Waals surface area contributed by atoms with Gasteiger partial charge in [0.1, 0.15) is 11.6 Å². The molecule has 0 aliphatic carbocycles.